The summed E-state index contributed by atoms with van der Waals surface area (Å²) in [5.74, 6) is 0.274. The first-order valence-corrected chi connectivity index (χ1v) is 6.27. The molecule has 0 atom stereocenters. The van der Waals surface area contributed by atoms with Gasteiger partial charge in [0.2, 0.25) is 0 Å². The second kappa shape index (κ2) is 5.95. The SMILES string of the molecule is CCOc1ccc(-c2cccc(OC(F)(F)F)c2)cc1N. The number of alkyl halides is 3. The lowest BCUT2D eigenvalue weighted by atomic mass is 10.0. The number of hydrogen-bond donors (Lipinski definition) is 1. The van der Waals surface area contributed by atoms with Crippen LogP contribution in [-0.2, 0) is 0 Å². The van der Waals surface area contributed by atoms with Crippen molar-refractivity contribution in [2.24, 2.45) is 0 Å². The molecule has 112 valence electrons. The average molecular weight is 297 g/mol. The molecule has 6 heteroatoms. The van der Waals surface area contributed by atoms with E-state index >= 15 is 0 Å². The summed E-state index contributed by atoms with van der Waals surface area (Å²) in [6, 6.07) is 10.8. The molecule has 2 aromatic rings. The fourth-order valence-electron chi connectivity index (χ4n) is 1.89. The highest BCUT2D eigenvalue weighted by molar-refractivity contribution is 5.71. The van der Waals surface area contributed by atoms with Crippen LogP contribution in [0.1, 0.15) is 6.92 Å². The van der Waals surface area contributed by atoms with E-state index in [1.54, 1.807) is 24.3 Å². The number of ether oxygens (including phenoxy) is 2. The standard InChI is InChI=1S/C15H14F3NO2/c1-2-20-14-7-6-11(9-13(14)19)10-4-3-5-12(8-10)21-15(16,17)18/h3-9H,2,19H2,1H3. The third-order valence-corrected chi connectivity index (χ3v) is 2.71. The van der Waals surface area contributed by atoms with Crippen molar-refractivity contribution >= 4 is 5.69 Å². The molecule has 2 rings (SSSR count). The average Bonchev–Trinajstić information content (AvgIpc) is 2.39. The summed E-state index contributed by atoms with van der Waals surface area (Å²) in [6.07, 6.45) is -4.71. The number of nitrogens with two attached hydrogens (primary N) is 1. The van der Waals surface area contributed by atoms with Gasteiger partial charge < -0.3 is 15.2 Å². The molecule has 0 aliphatic carbocycles. The number of rotatable bonds is 4. The van der Waals surface area contributed by atoms with E-state index in [4.69, 9.17) is 10.5 Å². The Bertz CT molecular complexity index is 627. The summed E-state index contributed by atoms with van der Waals surface area (Å²) < 4.78 is 45.9. The van der Waals surface area contributed by atoms with Crippen LogP contribution in [0.25, 0.3) is 11.1 Å². The number of halogens is 3. The Hall–Kier alpha value is -2.37. The van der Waals surface area contributed by atoms with Gasteiger partial charge in [0.15, 0.2) is 0 Å². The fraction of sp³-hybridized carbons (Fsp3) is 0.200. The number of nitrogen functional groups attached to an aromatic ring is 1. The minimum Gasteiger partial charge on any atom is -0.492 e. The molecule has 0 aliphatic rings. The van der Waals surface area contributed by atoms with E-state index < -0.39 is 6.36 Å². The maximum atomic E-state index is 12.2. The molecule has 0 fully saturated rings. The molecular formula is C15H14F3NO2. The zero-order valence-corrected chi connectivity index (χ0v) is 11.3. The Morgan fingerprint density at radius 3 is 2.38 bits per heavy atom. The monoisotopic (exact) mass is 297 g/mol. The molecule has 21 heavy (non-hydrogen) atoms. The van der Waals surface area contributed by atoms with Crippen LogP contribution in [-0.4, -0.2) is 13.0 Å². The summed E-state index contributed by atoms with van der Waals surface area (Å²) in [7, 11) is 0. The van der Waals surface area contributed by atoms with Crippen molar-refractivity contribution in [3.8, 4) is 22.6 Å². The Balaban J connectivity index is 2.30. The minimum absolute atomic E-state index is 0.271. The Morgan fingerprint density at radius 1 is 1.05 bits per heavy atom. The molecule has 0 saturated carbocycles. The molecule has 0 bridgehead atoms. The molecule has 0 aromatic heterocycles. The van der Waals surface area contributed by atoms with E-state index in [1.807, 2.05) is 6.92 Å². The first-order valence-electron chi connectivity index (χ1n) is 6.27. The lowest BCUT2D eigenvalue weighted by Gasteiger charge is -2.11. The fourth-order valence-corrected chi connectivity index (χ4v) is 1.89. The van der Waals surface area contributed by atoms with E-state index in [0.29, 0.717) is 29.2 Å². The van der Waals surface area contributed by atoms with Crippen molar-refractivity contribution in [1.82, 2.24) is 0 Å². The Morgan fingerprint density at radius 2 is 1.76 bits per heavy atom. The van der Waals surface area contributed by atoms with Gasteiger partial charge in [0.25, 0.3) is 0 Å². The normalized spacial score (nSPS) is 11.2. The van der Waals surface area contributed by atoms with Gasteiger partial charge in [-0.25, -0.2) is 0 Å². The zero-order valence-electron chi connectivity index (χ0n) is 11.3. The molecule has 2 N–H and O–H groups in total. The molecule has 3 nitrogen and oxygen atoms in total. The third kappa shape index (κ3) is 4.05. The largest absolute Gasteiger partial charge is 0.573 e. The summed E-state index contributed by atoms with van der Waals surface area (Å²) in [4.78, 5) is 0. The first kappa shape index (κ1) is 15.0. The maximum absolute atomic E-state index is 12.2. The Labute approximate surface area is 120 Å². The van der Waals surface area contributed by atoms with Crippen molar-refractivity contribution in [1.29, 1.82) is 0 Å². The molecule has 0 radical (unpaired) electrons. The molecule has 0 spiro atoms. The number of anilines is 1. The predicted molar refractivity (Wildman–Crippen MR) is 74.1 cm³/mol. The van der Waals surface area contributed by atoms with Crippen LogP contribution in [0.3, 0.4) is 0 Å². The van der Waals surface area contributed by atoms with Gasteiger partial charge in [-0.15, -0.1) is 13.2 Å². The topological polar surface area (TPSA) is 44.5 Å². The van der Waals surface area contributed by atoms with Gasteiger partial charge in [-0.2, -0.15) is 0 Å². The smallest absolute Gasteiger partial charge is 0.492 e. The van der Waals surface area contributed by atoms with Crippen LogP contribution in [0, 0.1) is 0 Å². The number of hydrogen-bond acceptors (Lipinski definition) is 3. The molecule has 0 unspecified atom stereocenters. The summed E-state index contributed by atoms with van der Waals surface area (Å²) in [6.45, 7) is 2.32. The molecule has 0 amide bonds. The molecule has 0 saturated heterocycles. The summed E-state index contributed by atoms with van der Waals surface area (Å²) in [5, 5.41) is 0. The second-order valence-corrected chi connectivity index (χ2v) is 4.26. The predicted octanol–water partition coefficient (Wildman–Crippen LogP) is 4.23. The number of benzene rings is 2. The van der Waals surface area contributed by atoms with E-state index in [-0.39, 0.29) is 5.75 Å². The highest BCUT2D eigenvalue weighted by Crippen LogP contribution is 2.31. The Kier molecular flexibility index (Phi) is 4.26. The van der Waals surface area contributed by atoms with Crippen LogP contribution in [0.5, 0.6) is 11.5 Å². The zero-order chi connectivity index (χ0) is 15.5. The lowest BCUT2D eigenvalue weighted by molar-refractivity contribution is -0.274. The van der Waals surface area contributed by atoms with Gasteiger partial charge in [0.1, 0.15) is 11.5 Å². The third-order valence-electron chi connectivity index (χ3n) is 2.71. The van der Waals surface area contributed by atoms with Crippen molar-refractivity contribution in [2.75, 3.05) is 12.3 Å². The molecule has 0 heterocycles. The van der Waals surface area contributed by atoms with Gasteiger partial charge in [0, 0.05) is 0 Å². The highest BCUT2D eigenvalue weighted by Gasteiger charge is 2.31. The van der Waals surface area contributed by atoms with Crippen molar-refractivity contribution in [3.63, 3.8) is 0 Å². The molecular weight excluding hydrogens is 283 g/mol. The molecule has 2 aromatic carbocycles. The first-order chi connectivity index (χ1) is 9.89. The summed E-state index contributed by atoms with van der Waals surface area (Å²) in [5.41, 5.74) is 7.53. The van der Waals surface area contributed by atoms with E-state index in [2.05, 4.69) is 4.74 Å². The van der Waals surface area contributed by atoms with Crippen LogP contribution in [0.4, 0.5) is 18.9 Å². The van der Waals surface area contributed by atoms with Crippen molar-refractivity contribution in [3.05, 3.63) is 42.5 Å². The van der Waals surface area contributed by atoms with Crippen LogP contribution in [0.15, 0.2) is 42.5 Å². The van der Waals surface area contributed by atoms with Crippen LogP contribution >= 0.6 is 0 Å². The quantitative estimate of drug-likeness (QED) is 0.859. The highest BCUT2D eigenvalue weighted by atomic mass is 19.4. The van der Waals surface area contributed by atoms with Gasteiger partial charge in [-0.3, -0.25) is 0 Å². The van der Waals surface area contributed by atoms with Gasteiger partial charge >= 0.3 is 6.36 Å². The maximum Gasteiger partial charge on any atom is 0.573 e. The molecule has 0 aliphatic heterocycles. The van der Waals surface area contributed by atoms with Gasteiger partial charge in [0.05, 0.1) is 12.3 Å². The van der Waals surface area contributed by atoms with Crippen LogP contribution in [0.2, 0.25) is 0 Å². The van der Waals surface area contributed by atoms with Crippen molar-refractivity contribution < 1.29 is 22.6 Å². The summed E-state index contributed by atoms with van der Waals surface area (Å²) >= 11 is 0. The van der Waals surface area contributed by atoms with Gasteiger partial charge in [-0.1, -0.05) is 18.2 Å². The van der Waals surface area contributed by atoms with E-state index in [0.717, 1.165) is 0 Å². The second-order valence-electron chi connectivity index (χ2n) is 4.26. The van der Waals surface area contributed by atoms with Crippen LogP contribution < -0.4 is 15.2 Å². The minimum atomic E-state index is -4.71. The van der Waals surface area contributed by atoms with Gasteiger partial charge in [-0.05, 0) is 42.3 Å². The van der Waals surface area contributed by atoms with Crippen molar-refractivity contribution in [2.45, 2.75) is 13.3 Å². The lowest BCUT2D eigenvalue weighted by Crippen LogP contribution is -2.17. The van der Waals surface area contributed by atoms with E-state index in [1.165, 1.54) is 18.2 Å². The van der Waals surface area contributed by atoms with E-state index in [9.17, 15) is 13.2 Å².